The maximum Gasteiger partial charge on any atom is 0.366 e. The molecule has 0 aromatic heterocycles. The number of carbonyl (C=O) groups is 1. The Bertz CT molecular complexity index is 217. The minimum absolute atomic E-state index is 0.227. The van der Waals surface area contributed by atoms with E-state index in [1.54, 1.807) is 6.92 Å². The summed E-state index contributed by atoms with van der Waals surface area (Å²) in [6, 6.07) is 0. The minimum Gasteiger partial charge on any atom is -0.461 e. The number of allylic oxidation sites excluding steroid dienone is 1. The van der Waals surface area contributed by atoms with Gasteiger partial charge in [-0.3, -0.25) is 0 Å². The Kier molecular flexibility index (Phi) is 4.63. The lowest BCUT2D eigenvalue weighted by molar-refractivity contribution is -0.140. The van der Waals surface area contributed by atoms with E-state index >= 15 is 0 Å². The molecule has 0 aromatic carbocycles. The average molecular weight is 200 g/mol. The summed E-state index contributed by atoms with van der Waals surface area (Å²) in [6.45, 7) is 1.90. The fourth-order valence-electron chi connectivity index (χ4n) is 1.78. The molecule has 80 valence electrons. The Morgan fingerprint density at radius 1 is 1.43 bits per heavy atom. The van der Waals surface area contributed by atoms with Crippen molar-refractivity contribution in [1.29, 1.82) is 0 Å². The van der Waals surface area contributed by atoms with Crippen LogP contribution in [-0.4, -0.2) is 12.6 Å². The fraction of sp³-hybridized carbons (Fsp3) is 0.727. The number of rotatable bonds is 3. The van der Waals surface area contributed by atoms with Crippen LogP contribution in [0.4, 0.5) is 4.39 Å². The molecular formula is C11H17FO2. The van der Waals surface area contributed by atoms with Crippen LogP contribution in [0.15, 0.2) is 11.9 Å². The van der Waals surface area contributed by atoms with Gasteiger partial charge in [-0.05, 0) is 31.8 Å². The summed E-state index contributed by atoms with van der Waals surface area (Å²) >= 11 is 0. The third-order valence-corrected chi connectivity index (χ3v) is 2.50. The van der Waals surface area contributed by atoms with E-state index in [2.05, 4.69) is 4.74 Å². The second kappa shape index (κ2) is 5.78. The lowest BCUT2D eigenvalue weighted by Gasteiger charge is -2.17. The molecule has 1 saturated carbocycles. The van der Waals surface area contributed by atoms with Crippen molar-refractivity contribution in [3.05, 3.63) is 11.9 Å². The van der Waals surface area contributed by atoms with Gasteiger partial charge in [-0.2, -0.15) is 4.39 Å². The monoisotopic (exact) mass is 200 g/mol. The zero-order chi connectivity index (χ0) is 10.4. The highest BCUT2D eigenvalue weighted by molar-refractivity contribution is 5.85. The van der Waals surface area contributed by atoms with Crippen molar-refractivity contribution < 1.29 is 13.9 Å². The Hall–Kier alpha value is -0.860. The van der Waals surface area contributed by atoms with Gasteiger partial charge in [0.15, 0.2) is 0 Å². The maximum atomic E-state index is 13.2. The van der Waals surface area contributed by atoms with E-state index in [4.69, 9.17) is 0 Å². The maximum absolute atomic E-state index is 13.2. The van der Waals surface area contributed by atoms with Crippen LogP contribution in [0.2, 0.25) is 0 Å². The molecule has 0 amide bonds. The summed E-state index contributed by atoms with van der Waals surface area (Å²) < 4.78 is 17.7. The van der Waals surface area contributed by atoms with E-state index in [1.807, 2.05) is 0 Å². The molecule has 0 radical (unpaired) electrons. The molecule has 0 aromatic rings. The molecule has 0 heterocycles. The van der Waals surface area contributed by atoms with Gasteiger partial charge in [0.25, 0.3) is 0 Å². The fourth-order valence-corrected chi connectivity index (χ4v) is 1.78. The molecule has 1 fully saturated rings. The van der Waals surface area contributed by atoms with Crippen LogP contribution < -0.4 is 0 Å². The Morgan fingerprint density at radius 3 is 2.64 bits per heavy atom. The van der Waals surface area contributed by atoms with Gasteiger partial charge in [-0.25, -0.2) is 4.79 Å². The molecular weight excluding hydrogens is 183 g/mol. The van der Waals surface area contributed by atoms with E-state index in [1.165, 1.54) is 12.5 Å². The van der Waals surface area contributed by atoms with Gasteiger partial charge in [0, 0.05) is 0 Å². The number of esters is 1. The third kappa shape index (κ3) is 3.48. The highest BCUT2D eigenvalue weighted by Gasteiger charge is 2.16. The second-order valence-corrected chi connectivity index (χ2v) is 3.63. The zero-order valence-electron chi connectivity index (χ0n) is 8.59. The predicted molar refractivity (Wildman–Crippen MR) is 52.4 cm³/mol. The highest BCUT2D eigenvalue weighted by Crippen LogP contribution is 2.25. The summed E-state index contributed by atoms with van der Waals surface area (Å²) in [7, 11) is 0. The molecule has 1 aliphatic carbocycles. The van der Waals surface area contributed by atoms with E-state index in [0.29, 0.717) is 0 Å². The van der Waals surface area contributed by atoms with Crippen LogP contribution in [-0.2, 0) is 9.53 Å². The summed E-state index contributed by atoms with van der Waals surface area (Å²) in [5.41, 5.74) is 0. The van der Waals surface area contributed by atoms with Gasteiger partial charge in [0.1, 0.15) is 0 Å². The molecule has 0 spiro atoms. The summed E-state index contributed by atoms with van der Waals surface area (Å²) in [5, 5.41) is 0. The molecule has 1 rings (SSSR count). The van der Waals surface area contributed by atoms with Crippen molar-refractivity contribution in [2.75, 3.05) is 6.61 Å². The van der Waals surface area contributed by atoms with Crippen LogP contribution in [0, 0.1) is 5.92 Å². The van der Waals surface area contributed by atoms with Crippen LogP contribution in [0.3, 0.4) is 0 Å². The summed E-state index contributed by atoms with van der Waals surface area (Å²) in [4.78, 5) is 11.0. The van der Waals surface area contributed by atoms with Gasteiger partial charge in [-0.1, -0.05) is 19.3 Å². The van der Waals surface area contributed by atoms with Gasteiger partial charge in [-0.15, -0.1) is 0 Å². The average Bonchev–Trinajstić information content (AvgIpc) is 2.19. The highest BCUT2D eigenvalue weighted by atomic mass is 19.1. The summed E-state index contributed by atoms with van der Waals surface area (Å²) in [5.74, 6) is -1.31. The molecule has 2 nitrogen and oxygen atoms in total. The molecule has 14 heavy (non-hydrogen) atoms. The molecule has 1 aliphatic rings. The van der Waals surface area contributed by atoms with E-state index in [-0.39, 0.29) is 12.5 Å². The first kappa shape index (κ1) is 11.2. The molecule has 0 bridgehead atoms. The van der Waals surface area contributed by atoms with Crippen LogP contribution in [0.1, 0.15) is 39.0 Å². The number of carbonyl (C=O) groups excluding carboxylic acids is 1. The first-order valence-electron chi connectivity index (χ1n) is 5.28. The molecule has 3 heteroatoms. The molecule has 0 N–H and O–H groups in total. The first-order chi connectivity index (χ1) is 6.74. The predicted octanol–water partition coefficient (Wildman–Crippen LogP) is 2.98. The molecule has 0 aliphatic heterocycles. The van der Waals surface area contributed by atoms with Crippen LogP contribution in [0.5, 0.6) is 0 Å². The van der Waals surface area contributed by atoms with Gasteiger partial charge in [0.2, 0.25) is 5.83 Å². The number of hydrogen-bond donors (Lipinski definition) is 0. The lowest BCUT2D eigenvalue weighted by atomic mass is 9.89. The Balaban J connectivity index is 2.44. The second-order valence-electron chi connectivity index (χ2n) is 3.63. The van der Waals surface area contributed by atoms with Crippen molar-refractivity contribution in [3.8, 4) is 0 Å². The number of hydrogen-bond acceptors (Lipinski definition) is 2. The van der Waals surface area contributed by atoms with E-state index < -0.39 is 11.8 Å². The standard InChI is InChI=1S/C11H17FO2/c1-2-14-11(13)10(12)8-9-6-4-3-5-7-9/h8-9H,2-7H2,1H3. The minimum atomic E-state index is -0.821. The third-order valence-electron chi connectivity index (χ3n) is 2.50. The first-order valence-corrected chi connectivity index (χ1v) is 5.28. The number of ether oxygens (including phenoxy) is 1. The van der Waals surface area contributed by atoms with Crippen molar-refractivity contribution >= 4 is 5.97 Å². The van der Waals surface area contributed by atoms with Crippen LogP contribution in [0.25, 0.3) is 0 Å². The van der Waals surface area contributed by atoms with E-state index in [9.17, 15) is 9.18 Å². The molecule has 0 atom stereocenters. The molecule has 0 unspecified atom stereocenters. The normalized spacial score (nSPS) is 19.4. The lowest BCUT2D eigenvalue weighted by Crippen LogP contribution is -2.08. The topological polar surface area (TPSA) is 26.3 Å². The van der Waals surface area contributed by atoms with Gasteiger partial charge in [0.05, 0.1) is 6.61 Å². The Labute approximate surface area is 84.1 Å². The SMILES string of the molecule is CCOC(=O)C(F)=CC1CCCCC1. The van der Waals surface area contributed by atoms with E-state index in [0.717, 1.165) is 25.7 Å². The van der Waals surface area contributed by atoms with Gasteiger partial charge < -0.3 is 4.74 Å². The smallest absolute Gasteiger partial charge is 0.366 e. The van der Waals surface area contributed by atoms with Crippen molar-refractivity contribution in [2.24, 2.45) is 5.92 Å². The van der Waals surface area contributed by atoms with Crippen molar-refractivity contribution in [2.45, 2.75) is 39.0 Å². The van der Waals surface area contributed by atoms with Crippen molar-refractivity contribution in [3.63, 3.8) is 0 Å². The summed E-state index contributed by atoms with van der Waals surface area (Å²) in [6.07, 6.45) is 6.91. The molecule has 0 saturated heterocycles. The quantitative estimate of drug-likeness (QED) is 0.517. The number of halogens is 1. The largest absolute Gasteiger partial charge is 0.461 e. The Morgan fingerprint density at radius 2 is 2.07 bits per heavy atom. The van der Waals surface area contributed by atoms with Gasteiger partial charge >= 0.3 is 5.97 Å². The van der Waals surface area contributed by atoms with Crippen molar-refractivity contribution in [1.82, 2.24) is 0 Å². The zero-order valence-corrected chi connectivity index (χ0v) is 8.59. The van der Waals surface area contributed by atoms with Crippen LogP contribution >= 0.6 is 0 Å².